The van der Waals surface area contributed by atoms with Crippen molar-refractivity contribution in [2.24, 2.45) is 5.92 Å². The van der Waals surface area contributed by atoms with E-state index >= 15 is 0 Å². The summed E-state index contributed by atoms with van der Waals surface area (Å²) in [6.07, 6.45) is 0. The largest absolute Gasteiger partial charge is 0.468 e. The van der Waals surface area contributed by atoms with Crippen molar-refractivity contribution in [2.45, 2.75) is 39.5 Å². The number of nitrogens with one attached hydrogen (secondary N) is 2. The first kappa shape index (κ1) is 26.0. The fourth-order valence-corrected chi connectivity index (χ4v) is 4.94. The number of rotatable bonds is 7. The van der Waals surface area contributed by atoms with E-state index in [1.54, 1.807) is 0 Å². The number of para-hydroxylation sites is 1. The average molecular weight is 492 g/mol. The van der Waals surface area contributed by atoms with Crippen LogP contribution in [0.25, 0.3) is 0 Å². The zero-order chi connectivity index (χ0) is 25.7. The summed E-state index contributed by atoms with van der Waals surface area (Å²) in [5, 5.41) is 15.9. The van der Waals surface area contributed by atoms with Crippen LogP contribution >= 0.6 is 11.8 Å². The van der Waals surface area contributed by atoms with Gasteiger partial charge in [0.05, 0.1) is 29.5 Å². The maximum Gasteiger partial charge on any atom is 0.319 e. The van der Waals surface area contributed by atoms with Gasteiger partial charge < -0.3 is 15.4 Å². The number of hydrogen-bond acceptors (Lipinski definition) is 6. The Bertz CT molecular complexity index is 1190. The number of hydrogen-bond donors (Lipinski definition) is 2. The first-order chi connectivity index (χ1) is 16.7. The molecule has 2 atom stereocenters. The second-order valence-corrected chi connectivity index (χ2v) is 9.73. The SMILES string of the molecule is COC(=O)[C@H]1C(=O)NC(SCC(=O)Nc2c(C)cccc2C)=C(C#N)[C@@H]1c1ccc(C(C)C)cc1. The van der Waals surface area contributed by atoms with E-state index in [0.29, 0.717) is 11.5 Å². The van der Waals surface area contributed by atoms with Gasteiger partial charge in [-0.05, 0) is 42.0 Å². The van der Waals surface area contributed by atoms with Gasteiger partial charge in [0.15, 0.2) is 0 Å². The highest BCUT2D eigenvalue weighted by Gasteiger charge is 2.44. The van der Waals surface area contributed by atoms with E-state index in [-0.39, 0.29) is 22.3 Å². The van der Waals surface area contributed by atoms with Gasteiger partial charge in [-0.3, -0.25) is 14.4 Å². The van der Waals surface area contributed by atoms with Crippen molar-refractivity contribution in [1.29, 1.82) is 5.26 Å². The predicted octanol–water partition coefficient (Wildman–Crippen LogP) is 4.54. The lowest BCUT2D eigenvalue weighted by Gasteiger charge is -2.31. The average Bonchev–Trinajstić information content (AvgIpc) is 2.84. The number of carbonyl (C=O) groups excluding carboxylic acids is 3. The van der Waals surface area contributed by atoms with Gasteiger partial charge in [-0.25, -0.2) is 0 Å². The number of carbonyl (C=O) groups is 3. The fraction of sp³-hybridized carbons (Fsp3) is 0.333. The summed E-state index contributed by atoms with van der Waals surface area (Å²) in [5.74, 6) is -3.27. The lowest BCUT2D eigenvalue weighted by molar-refractivity contribution is -0.150. The van der Waals surface area contributed by atoms with Crippen LogP contribution in [0.4, 0.5) is 5.69 Å². The van der Waals surface area contributed by atoms with E-state index in [2.05, 4.69) is 30.6 Å². The summed E-state index contributed by atoms with van der Waals surface area (Å²) < 4.78 is 4.89. The maximum absolute atomic E-state index is 13.0. The molecule has 182 valence electrons. The van der Waals surface area contributed by atoms with Gasteiger partial charge in [0.1, 0.15) is 5.92 Å². The van der Waals surface area contributed by atoms with Crippen LogP contribution in [-0.4, -0.2) is 30.6 Å². The van der Waals surface area contributed by atoms with Gasteiger partial charge >= 0.3 is 5.97 Å². The van der Waals surface area contributed by atoms with Crippen molar-refractivity contribution in [2.75, 3.05) is 18.2 Å². The van der Waals surface area contributed by atoms with E-state index in [4.69, 9.17) is 4.74 Å². The van der Waals surface area contributed by atoms with Gasteiger partial charge in [-0.1, -0.05) is 68.1 Å². The number of thioether (sulfide) groups is 1. The Hall–Kier alpha value is -3.57. The van der Waals surface area contributed by atoms with Crippen molar-refractivity contribution in [3.05, 3.63) is 75.3 Å². The quantitative estimate of drug-likeness (QED) is 0.435. The molecule has 35 heavy (non-hydrogen) atoms. The minimum atomic E-state index is -1.20. The second kappa shape index (κ2) is 11.2. The molecule has 1 heterocycles. The number of amides is 2. The molecule has 2 aromatic carbocycles. The van der Waals surface area contributed by atoms with Crippen LogP contribution in [0.15, 0.2) is 53.1 Å². The fourth-order valence-electron chi connectivity index (χ4n) is 4.09. The number of nitriles is 1. The summed E-state index contributed by atoms with van der Waals surface area (Å²) >= 11 is 1.06. The van der Waals surface area contributed by atoms with Crippen molar-refractivity contribution >= 4 is 35.2 Å². The molecule has 3 rings (SSSR count). The number of ether oxygens (including phenoxy) is 1. The molecule has 0 bridgehead atoms. The van der Waals surface area contributed by atoms with Crippen LogP contribution in [0.5, 0.6) is 0 Å². The number of esters is 1. The number of aryl methyl sites for hydroxylation is 2. The number of anilines is 1. The Morgan fingerprint density at radius 2 is 1.77 bits per heavy atom. The van der Waals surface area contributed by atoms with Gasteiger partial charge in [0.2, 0.25) is 11.8 Å². The number of methoxy groups -OCH3 is 1. The number of benzene rings is 2. The van der Waals surface area contributed by atoms with E-state index in [0.717, 1.165) is 34.1 Å². The Morgan fingerprint density at radius 3 is 2.31 bits per heavy atom. The summed E-state index contributed by atoms with van der Waals surface area (Å²) in [6, 6.07) is 15.4. The third-order valence-corrected chi connectivity index (χ3v) is 7.06. The molecule has 8 heteroatoms. The monoisotopic (exact) mass is 491 g/mol. The van der Waals surface area contributed by atoms with E-state index in [1.165, 1.54) is 7.11 Å². The van der Waals surface area contributed by atoms with Gasteiger partial charge in [0.25, 0.3) is 0 Å². The molecule has 0 aliphatic carbocycles. The van der Waals surface area contributed by atoms with E-state index < -0.39 is 23.7 Å². The van der Waals surface area contributed by atoms with Crippen molar-refractivity contribution in [3.8, 4) is 6.07 Å². The zero-order valence-electron chi connectivity index (χ0n) is 20.5. The molecule has 0 saturated carbocycles. The molecule has 0 saturated heterocycles. The van der Waals surface area contributed by atoms with Crippen molar-refractivity contribution in [1.82, 2.24) is 5.32 Å². The molecule has 2 aromatic rings. The Kier molecular flexibility index (Phi) is 8.36. The normalized spacial score (nSPS) is 17.6. The highest BCUT2D eigenvalue weighted by atomic mass is 32.2. The molecule has 2 amide bonds. The number of nitrogens with zero attached hydrogens (tertiary/aromatic N) is 1. The maximum atomic E-state index is 13.0. The Labute approximate surface area is 209 Å². The van der Waals surface area contributed by atoms with Crippen LogP contribution in [0.2, 0.25) is 0 Å². The van der Waals surface area contributed by atoms with Crippen LogP contribution in [0.1, 0.15) is 47.9 Å². The van der Waals surface area contributed by atoms with Crippen molar-refractivity contribution in [3.63, 3.8) is 0 Å². The molecule has 0 fully saturated rings. The lowest BCUT2D eigenvalue weighted by Crippen LogP contribution is -2.44. The summed E-state index contributed by atoms with van der Waals surface area (Å²) in [6.45, 7) is 7.96. The second-order valence-electron chi connectivity index (χ2n) is 8.75. The lowest BCUT2D eigenvalue weighted by atomic mass is 9.78. The molecule has 7 nitrogen and oxygen atoms in total. The zero-order valence-corrected chi connectivity index (χ0v) is 21.3. The summed E-state index contributed by atoms with van der Waals surface area (Å²) in [4.78, 5) is 38.2. The standard InChI is InChI=1S/C27H29N3O4S/c1-15(2)18-9-11-19(12-10-18)22-20(13-28)26(30-25(32)23(22)27(33)34-5)35-14-21(31)29-24-16(3)7-6-8-17(24)4/h6-12,15,22-23H,14H2,1-5H3,(H,29,31)(H,30,32)/t22-,23+/m0/s1. The smallest absolute Gasteiger partial charge is 0.319 e. The molecular weight excluding hydrogens is 462 g/mol. The first-order valence-electron chi connectivity index (χ1n) is 11.3. The van der Waals surface area contributed by atoms with Gasteiger partial charge in [-0.15, -0.1) is 0 Å². The predicted molar refractivity (Wildman–Crippen MR) is 137 cm³/mol. The topological polar surface area (TPSA) is 108 Å². The molecule has 1 aliphatic heterocycles. The van der Waals surface area contributed by atoms with Crippen LogP contribution in [-0.2, 0) is 19.1 Å². The third kappa shape index (κ3) is 5.75. The molecule has 2 N–H and O–H groups in total. The molecule has 1 aliphatic rings. The Balaban J connectivity index is 1.92. The van der Waals surface area contributed by atoms with Crippen molar-refractivity contribution < 1.29 is 19.1 Å². The van der Waals surface area contributed by atoms with Crippen LogP contribution in [0, 0.1) is 31.1 Å². The number of allylic oxidation sites excluding steroid dienone is 1. The Morgan fingerprint density at radius 1 is 1.14 bits per heavy atom. The minimum absolute atomic E-state index is 0.0174. The first-order valence-corrected chi connectivity index (χ1v) is 12.3. The minimum Gasteiger partial charge on any atom is -0.468 e. The van der Waals surface area contributed by atoms with Crippen LogP contribution in [0.3, 0.4) is 0 Å². The summed E-state index contributed by atoms with van der Waals surface area (Å²) in [7, 11) is 1.21. The van der Waals surface area contributed by atoms with Gasteiger partial charge in [-0.2, -0.15) is 5.26 Å². The molecule has 0 unspecified atom stereocenters. The highest BCUT2D eigenvalue weighted by molar-refractivity contribution is 8.03. The molecule has 0 spiro atoms. The molecular formula is C27H29N3O4S. The van der Waals surface area contributed by atoms with E-state index in [9.17, 15) is 19.6 Å². The van der Waals surface area contributed by atoms with Crippen LogP contribution < -0.4 is 10.6 Å². The third-order valence-electron chi connectivity index (χ3n) is 6.04. The highest BCUT2D eigenvalue weighted by Crippen LogP contribution is 2.40. The molecule has 0 aromatic heterocycles. The summed E-state index contributed by atoms with van der Waals surface area (Å²) in [5.41, 5.74) is 4.61. The van der Waals surface area contributed by atoms with Gasteiger partial charge in [0, 0.05) is 11.6 Å². The van der Waals surface area contributed by atoms with E-state index in [1.807, 2.05) is 56.3 Å². The molecule has 0 radical (unpaired) electrons.